The number of benzene rings is 1. The second-order valence-corrected chi connectivity index (χ2v) is 5.55. The molecule has 2 heterocycles. The maximum atomic E-state index is 10.8. The number of aromatic carboxylic acids is 1. The molecule has 0 aliphatic rings. The molecule has 3 rings (SSSR count). The third-order valence-electron chi connectivity index (χ3n) is 3.87. The van der Waals surface area contributed by atoms with Crippen molar-refractivity contribution >= 4 is 22.8 Å². The van der Waals surface area contributed by atoms with Crippen molar-refractivity contribution in [1.82, 2.24) is 15.0 Å². The van der Waals surface area contributed by atoms with Crippen LogP contribution in [0.4, 0.5) is 5.82 Å². The molecule has 0 radical (unpaired) electrons. The van der Waals surface area contributed by atoms with Crippen LogP contribution >= 0.6 is 0 Å². The summed E-state index contributed by atoms with van der Waals surface area (Å²) in [6.07, 6.45) is 4.60. The second-order valence-electron chi connectivity index (χ2n) is 5.55. The van der Waals surface area contributed by atoms with Crippen molar-refractivity contribution in [3.05, 3.63) is 53.0 Å². The van der Waals surface area contributed by atoms with Crippen LogP contribution in [-0.4, -0.2) is 26.0 Å². The average molecular weight is 310 g/mol. The summed E-state index contributed by atoms with van der Waals surface area (Å²) < 4.78 is 0. The van der Waals surface area contributed by atoms with Gasteiger partial charge in [0.05, 0.1) is 10.9 Å². The summed E-state index contributed by atoms with van der Waals surface area (Å²) in [4.78, 5) is 22.5. The summed E-state index contributed by atoms with van der Waals surface area (Å²) in [6.45, 7) is 1.82. The minimum absolute atomic E-state index is 0.311. The minimum atomic E-state index is -0.902. The van der Waals surface area contributed by atoms with Gasteiger partial charge in [-0.25, -0.2) is 14.8 Å². The molecule has 0 amide bonds. The van der Waals surface area contributed by atoms with E-state index in [2.05, 4.69) is 15.0 Å². The van der Waals surface area contributed by atoms with Gasteiger partial charge < -0.3 is 15.8 Å². The van der Waals surface area contributed by atoms with Gasteiger partial charge in [-0.15, -0.1) is 0 Å². The largest absolute Gasteiger partial charge is 0.478 e. The van der Waals surface area contributed by atoms with E-state index in [0.29, 0.717) is 17.2 Å². The van der Waals surface area contributed by atoms with Gasteiger partial charge in [0.15, 0.2) is 0 Å². The molecule has 118 valence electrons. The lowest BCUT2D eigenvalue weighted by molar-refractivity contribution is 0.0697. The number of nitrogens with zero attached hydrogens (tertiary/aromatic N) is 2. The highest BCUT2D eigenvalue weighted by molar-refractivity contribution is 5.89. The van der Waals surface area contributed by atoms with Gasteiger partial charge in [-0.2, -0.15) is 0 Å². The average Bonchev–Trinajstić information content (AvgIpc) is 2.91. The van der Waals surface area contributed by atoms with Gasteiger partial charge in [0, 0.05) is 6.20 Å². The van der Waals surface area contributed by atoms with E-state index in [1.165, 1.54) is 0 Å². The number of aromatic amines is 1. The first-order valence-electron chi connectivity index (χ1n) is 7.47. The lowest BCUT2D eigenvalue weighted by Crippen LogP contribution is -1.98. The van der Waals surface area contributed by atoms with Crippen molar-refractivity contribution in [2.45, 2.75) is 26.2 Å². The highest BCUT2D eigenvalue weighted by atomic mass is 16.4. The number of nitrogens with two attached hydrogens (primary N) is 1. The molecule has 1 aromatic carbocycles. The molecule has 0 saturated heterocycles. The summed E-state index contributed by atoms with van der Waals surface area (Å²) >= 11 is 0. The standard InChI is InChI=1S/C17H18N4O2/c1-10-20-15(18)14-13(9-19-16(14)21-10)4-2-3-11-5-7-12(8-6-11)17(22)23/h5-9H,2-4H2,1H3,(H,22,23)(H3,18,19,20,21). The lowest BCUT2D eigenvalue weighted by atomic mass is 10.0. The van der Waals surface area contributed by atoms with Gasteiger partial charge in [-0.05, 0) is 49.4 Å². The van der Waals surface area contributed by atoms with Crippen LogP contribution < -0.4 is 5.73 Å². The van der Waals surface area contributed by atoms with Crippen LogP contribution in [0.15, 0.2) is 30.5 Å². The number of carboxylic acid groups (broad SMARTS) is 1. The van der Waals surface area contributed by atoms with E-state index >= 15 is 0 Å². The quantitative estimate of drug-likeness (QED) is 0.672. The molecule has 0 bridgehead atoms. The van der Waals surface area contributed by atoms with Crippen LogP contribution in [0.2, 0.25) is 0 Å². The number of nitrogens with one attached hydrogen (secondary N) is 1. The number of carbonyl (C=O) groups is 1. The molecule has 6 heteroatoms. The maximum absolute atomic E-state index is 10.8. The highest BCUT2D eigenvalue weighted by Gasteiger charge is 2.10. The lowest BCUT2D eigenvalue weighted by Gasteiger charge is -2.04. The number of anilines is 1. The molecule has 0 fully saturated rings. The number of H-pyrrole nitrogens is 1. The summed E-state index contributed by atoms with van der Waals surface area (Å²) in [6, 6.07) is 6.99. The zero-order valence-electron chi connectivity index (χ0n) is 12.8. The Morgan fingerprint density at radius 3 is 2.65 bits per heavy atom. The Balaban J connectivity index is 1.68. The number of hydrogen-bond donors (Lipinski definition) is 3. The molecule has 0 spiro atoms. The van der Waals surface area contributed by atoms with E-state index in [1.54, 1.807) is 12.1 Å². The normalized spacial score (nSPS) is 11.0. The third kappa shape index (κ3) is 3.15. The van der Waals surface area contributed by atoms with Crippen LogP contribution in [-0.2, 0) is 12.8 Å². The van der Waals surface area contributed by atoms with Gasteiger partial charge in [0.1, 0.15) is 17.3 Å². The van der Waals surface area contributed by atoms with Gasteiger partial charge in [0.25, 0.3) is 0 Å². The Hall–Kier alpha value is -2.89. The number of aryl methyl sites for hydroxylation is 3. The number of rotatable bonds is 5. The molecule has 23 heavy (non-hydrogen) atoms. The smallest absolute Gasteiger partial charge is 0.335 e. The van der Waals surface area contributed by atoms with Crippen molar-refractivity contribution in [3.63, 3.8) is 0 Å². The number of carboxylic acids is 1. The molecule has 6 nitrogen and oxygen atoms in total. The first-order valence-corrected chi connectivity index (χ1v) is 7.47. The summed E-state index contributed by atoms with van der Waals surface area (Å²) in [5, 5.41) is 9.80. The fourth-order valence-electron chi connectivity index (χ4n) is 2.74. The summed E-state index contributed by atoms with van der Waals surface area (Å²) in [7, 11) is 0. The number of hydrogen-bond acceptors (Lipinski definition) is 4. The second kappa shape index (κ2) is 6.08. The summed E-state index contributed by atoms with van der Waals surface area (Å²) in [5.41, 5.74) is 9.32. The fourth-order valence-corrected chi connectivity index (χ4v) is 2.74. The molecule has 4 N–H and O–H groups in total. The zero-order chi connectivity index (χ0) is 16.4. The maximum Gasteiger partial charge on any atom is 0.335 e. The zero-order valence-corrected chi connectivity index (χ0v) is 12.8. The highest BCUT2D eigenvalue weighted by Crippen LogP contribution is 2.23. The molecule has 0 aliphatic heterocycles. The van der Waals surface area contributed by atoms with Crippen molar-refractivity contribution in [3.8, 4) is 0 Å². The predicted octanol–water partition coefficient (Wildman–Crippen LogP) is 2.72. The molecule has 0 saturated carbocycles. The van der Waals surface area contributed by atoms with Crippen LogP contribution in [0, 0.1) is 6.92 Å². The molecular formula is C17H18N4O2. The first-order chi connectivity index (χ1) is 11.0. The van der Waals surface area contributed by atoms with E-state index in [4.69, 9.17) is 10.8 Å². The van der Waals surface area contributed by atoms with E-state index in [-0.39, 0.29) is 0 Å². The molecule has 3 aromatic rings. The number of fused-ring (bicyclic) bond motifs is 1. The van der Waals surface area contributed by atoms with Gasteiger partial charge in [-0.3, -0.25) is 0 Å². The number of aromatic nitrogens is 3. The Bertz CT molecular complexity index is 853. The van der Waals surface area contributed by atoms with E-state index in [0.717, 1.165) is 41.4 Å². The Morgan fingerprint density at radius 1 is 1.22 bits per heavy atom. The van der Waals surface area contributed by atoms with Gasteiger partial charge in [-0.1, -0.05) is 12.1 Å². The monoisotopic (exact) mass is 310 g/mol. The Kier molecular flexibility index (Phi) is 3.97. The topological polar surface area (TPSA) is 105 Å². The Labute approximate surface area is 133 Å². The fraction of sp³-hybridized carbons (Fsp3) is 0.235. The summed E-state index contributed by atoms with van der Waals surface area (Å²) in [5.74, 6) is 0.262. The molecule has 0 unspecified atom stereocenters. The number of nitrogen functional groups attached to an aromatic ring is 1. The van der Waals surface area contributed by atoms with Crippen molar-refractivity contribution < 1.29 is 9.90 Å². The Morgan fingerprint density at radius 2 is 1.96 bits per heavy atom. The van der Waals surface area contributed by atoms with Crippen LogP contribution in [0.5, 0.6) is 0 Å². The third-order valence-corrected chi connectivity index (χ3v) is 3.87. The van der Waals surface area contributed by atoms with Crippen LogP contribution in [0.25, 0.3) is 11.0 Å². The first kappa shape index (κ1) is 15.0. The van der Waals surface area contributed by atoms with E-state index < -0.39 is 5.97 Å². The van der Waals surface area contributed by atoms with Crippen LogP contribution in [0.1, 0.15) is 33.7 Å². The van der Waals surface area contributed by atoms with E-state index in [1.807, 2.05) is 25.3 Å². The van der Waals surface area contributed by atoms with Crippen molar-refractivity contribution in [2.75, 3.05) is 5.73 Å². The van der Waals surface area contributed by atoms with E-state index in [9.17, 15) is 4.79 Å². The van der Waals surface area contributed by atoms with Gasteiger partial charge >= 0.3 is 5.97 Å². The SMILES string of the molecule is Cc1nc(N)c2c(CCCc3ccc(C(=O)O)cc3)c[nH]c2n1. The van der Waals surface area contributed by atoms with Crippen molar-refractivity contribution in [2.24, 2.45) is 0 Å². The molecule has 2 aromatic heterocycles. The minimum Gasteiger partial charge on any atom is -0.478 e. The predicted molar refractivity (Wildman–Crippen MR) is 88.5 cm³/mol. The van der Waals surface area contributed by atoms with Gasteiger partial charge in [0.2, 0.25) is 0 Å². The van der Waals surface area contributed by atoms with Crippen molar-refractivity contribution in [1.29, 1.82) is 0 Å². The molecule has 0 aliphatic carbocycles. The molecular weight excluding hydrogens is 292 g/mol. The van der Waals surface area contributed by atoms with Crippen LogP contribution in [0.3, 0.4) is 0 Å². The molecule has 0 atom stereocenters.